The van der Waals surface area contributed by atoms with Gasteiger partial charge in [0.1, 0.15) is 0 Å². The van der Waals surface area contributed by atoms with Crippen molar-refractivity contribution in [2.24, 2.45) is 7.05 Å². The molecule has 0 bridgehead atoms. The molecule has 0 spiro atoms. The van der Waals surface area contributed by atoms with E-state index >= 15 is 0 Å². The minimum Gasteiger partial charge on any atom is -0.478 e. The molecular weight excluding hydrogens is 258 g/mol. The Balaban J connectivity index is 2.12. The van der Waals surface area contributed by atoms with Gasteiger partial charge in [0.2, 0.25) is 5.88 Å². The van der Waals surface area contributed by atoms with E-state index in [1.54, 1.807) is 42.3 Å². The second-order valence-corrected chi connectivity index (χ2v) is 4.28. The molecule has 0 aliphatic carbocycles. The summed E-state index contributed by atoms with van der Waals surface area (Å²) in [7, 11) is 1.78. The summed E-state index contributed by atoms with van der Waals surface area (Å²) in [4.78, 5) is 15.3. The zero-order chi connectivity index (χ0) is 14.1. The number of aromatic nitrogens is 3. The summed E-state index contributed by atoms with van der Waals surface area (Å²) in [6.07, 6.45) is 4.58. The smallest absolute Gasteiger partial charge is 0.337 e. The average molecular weight is 269 g/mol. The molecule has 0 unspecified atom stereocenters. The van der Waals surface area contributed by atoms with Crippen molar-refractivity contribution in [2.45, 2.75) is 0 Å². The molecule has 6 heteroatoms. The number of nitrogens with zero attached hydrogens (tertiary/aromatic N) is 3. The van der Waals surface area contributed by atoms with Crippen molar-refractivity contribution in [1.82, 2.24) is 14.8 Å². The van der Waals surface area contributed by atoms with Crippen LogP contribution in [0.1, 0.15) is 10.4 Å². The summed E-state index contributed by atoms with van der Waals surface area (Å²) in [5, 5.41) is 14.4. The molecule has 0 radical (unpaired) electrons. The fourth-order valence-electron chi connectivity index (χ4n) is 1.98. The average Bonchev–Trinajstić information content (AvgIpc) is 2.84. The number of aryl methyl sites for hydroxylation is 1. The lowest BCUT2D eigenvalue weighted by Gasteiger charge is -2.07. The minimum atomic E-state index is -1.01. The van der Waals surface area contributed by atoms with Gasteiger partial charge in [0.25, 0.3) is 0 Å². The Bertz CT molecular complexity index is 795. The van der Waals surface area contributed by atoms with Crippen LogP contribution in [0.2, 0.25) is 0 Å². The monoisotopic (exact) mass is 269 g/mol. The molecule has 0 atom stereocenters. The van der Waals surface area contributed by atoms with Crippen LogP contribution in [-0.4, -0.2) is 25.8 Å². The molecule has 0 fully saturated rings. The van der Waals surface area contributed by atoms with Gasteiger partial charge in [-0.15, -0.1) is 0 Å². The highest BCUT2D eigenvalue weighted by atomic mass is 16.5. The zero-order valence-electron chi connectivity index (χ0n) is 10.6. The molecule has 20 heavy (non-hydrogen) atoms. The van der Waals surface area contributed by atoms with E-state index in [1.165, 1.54) is 6.20 Å². The van der Waals surface area contributed by atoms with E-state index in [-0.39, 0.29) is 5.56 Å². The highest BCUT2D eigenvalue weighted by Gasteiger charge is 2.13. The summed E-state index contributed by atoms with van der Waals surface area (Å²) < 4.78 is 7.27. The molecule has 0 aliphatic heterocycles. The van der Waals surface area contributed by atoms with Crippen molar-refractivity contribution in [2.75, 3.05) is 0 Å². The first-order valence-electron chi connectivity index (χ1n) is 5.92. The van der Waals surface area contributed by atoms with E-state index in [0.717, 1.165) is 0 Å². The molecule has 0 saturated carbocycles. The number of ether oxygens (including phenoxy) is 1. The second kappa shape index (κ2) is 4.65. The van der Waals surface area contributed by atoms with Crippen molar-refractivity contribution in [1.29, 1.82) is 0 Å². The van der Waals surface area contributed by atoms with Gasteiger partial charge >= 0.3 is 5.97 Å². The summed E-state index contributed by atoms with van der Waals surface area (Å²) >= 11 is 0. The molecule has 0 saturated heterocycles. The van der Waals surface area contributed by atoms with Crippen LogP contribution in [0.25, 0.3) is 10.8 Å². The third-order valence-electron chi connectivity index (χ3n) is 2.88. The lowest BCUT2D eigenvalue weighted by atomic mass is 10.1. The summed E-state index contributed by atoms with van der Waals surface area (Å²) in [5.41, 5.74) is 0.152. The van der Waals surface area contributed by atoms with Crippen LogP contribution in [-0.2, 0) is 7.05 Å². The van der Waals surface area contributed by atoms with Gasteiger partial charge in [-0.2, -0.15) is 5.10 Å². The van der Waals surface area contributed by atoms with Gasteiger partial charge < -0.3 is 9.84 Å². The Morgan fingerprint density at radius 2 is 2.00 bits per heavy atom. The standard InChI is InChI=1S/C14H11N3O3/c1-17-8-9(6-16-17)20-13-11-5-3-2-4-10(11)12(7-15-13)14(18)19/h2-8H,1H3,(H,18,19). The molecule has 1 aromatic carbocycles. The van der Waals surface area contributed by atoms with Crippen molar-refractivity contribution in [3.8, 4) is 11.6 Å². The Labute approximate surface area is 114 Å². The number of carboxylic acid groups (broad SMARTS) is 1. The third-order valence-corrected chi connectivity index (χ3v) is 2.88. The number of rotatable bonds is 3. The first-order chi connectivity index (χ1) is 9.65. The van der Waals surface area contributed by atoms with Crippen LogP contribution < -0.4 is 4.74 Å². The SMILES string of the molecule is Cn1cc(Oc2ncc(C(=O)O)c3ccccc23)cn1. The second-order valence-electron chi connectivity index (χ2n) is 4.28. The van der Waals surface area contributed by atoms with Crippen LogP contribution in [0.5, 0.6) is 11.6 Å². The number of benzene rings is 1. The van der Waals surface area contributed by atoms with Gasteiger partial charge in [-0.05, 0) is 6.07 Å². The topological polar surface area (TPSA) is 77.2 Å². The molecule has 1 N–H and O–H groups in total. The maximum Gasteiger partial charge on any atom is 0.337 e. The minimum absolute atomic E-state index is 0.152. The molecule has 0 aliphatic rings. The molecule has 6 nitrogen and oxygen atoms in total. The van der Waals surface area contributed by atoms with E-state index in [0.29, 0.717) is 22.4 Å². The number of aromatic carboxylic acids is 1. The predicted octanol–water partition coefficient (Wildman–Crippen LogP) is 2.46. The van der Waals surface area contributed by atoms with E-state index in [4.69, 9.17) is 4.74 Å². The highest BCUT2D eigenvalue weighted by molar-refractivity contribution is 6.04. The lowest BCUT2D eigenvalue weighted by Crippen LogP contribution is -2.00. The van der Waals surface area contributed by atoms with Crippen molar-refractivity contribution in [3.05, 3.63) is 48.4 Å². The molecular formula is C14H11N3O3. The van der Waals surface area contributed by atoms with Gasteiger partial charge in [-0.3, -0.25) is 4.68 Å². The first-order valence-corrected chi connectivity index (χ1v) is 5.92. The van der Waals surface area contributed by atoms with Crippen molar-refractivity contribution in [3.63, 3.8) is 0 Å². The molecule has 100 valence electrons. The van der Waals surface area contributed by atoms with Gasteiger partial charge in [0.05, 0.1) is 18.0 Å². The fraction of sp³-hybridized carbons (Fsp3) is 0.0714. The molecule has 3 rings (SSSR count). The Morgan fingerprint density at radius 1 is 1.25 bits per heavy atom. The Morgan fingerprint density at radius 3 is 2.65 bits per heavy atom. The third kappa shape index (κ3) is 2.07. The summed E-state index contributed by atoms with van der Waals surface area (Å²) in [5.74, 6) is -0.103. The maximum atomic E-state index is 11.2. The van der Waals surface area contributed by atoms with E-state index in [9.17, 15) is 9.90 Å². The lowest BCUT2D eigenvalue weighted by molar-refractivity contribution is 0.0698. The first kappa shape index (κ1) is 12.2. The zero-order valence-corrected chi connectivity index (χ0v) is 10.6. The van der Waals surface area contributed by atoms with Crippen molar-refractivity contribution < 1.29 is 14.6 Å². The van der Waals surface area contributed by atoms with E-state index in [2.05, 4.69) is 10.1 Å². The van der Waals surface area contributed by atoms with Gasteiger partial charge in [0, 0.05) is 24.0 Å². The Kier molecular flexibility index (Phi) is 2.83. The van der Waals surface area contributed by atoms with Crippen LogP contribution >= 0.6 is 0 Å². The quantitative estimate of drug-likeness (QED) is 0.790. The number of hydrogen-bond donors (Lipinski definition) is 1. The van der Waals surface area contributed by atoms with E-state index < -0.39 is 5.97 Å². The largest absolute Gasteiger partial charge is 0.478 e. The van der Waals surface area contributed by atoms with Crippen LogP contribution in [0.15, 0.2) is 42.9 Å². The molecule has 2 heterocycles. The normalized spacial score (nSPS) is 10.7. The Hall–Kier alpha value is -2.89. The molecule has 0 amide bonds. The number of carboxylic acids is 1. The number of fused-ring (bicyclic) bond motifs is 1. The summed E-state index contributed by atoms with van der Waals surface area (Å²) in [6, 6.07) is 7.10. The maximum absolute atomic E-state index is 11.2. The highest BCUT2D eigenvalue weighted by Crippen LogP contribution is 2.29. The van der Waals surface area contributed by atoms with E-state index in [1.807, 2.05) is 6.07 Å². The molecule has 3 aromatic rings. The number of carbonyl (C=O) groups is 1. The fourth-order valence-corrected chi connectivity index (χ4v) is 1.98. The van der Waals surface area contributed by atoms with Crippen LogP contribution in [0.4, 0.5) is 0 Å². The predicted molar refractivity (Wildman–Crippen MR) is 72.0 cm³/mol. The summed E-state index contributed by atoms with van der Waals surface area (Å²) in [6.45, 7) is 0. The molecule has 2 aromatic heterocycles. The van der Waals surface area contributed by atoms with Crippen LogP contribution in [0.3, 0.4) is 0 Å². The van der Waals surface area contributed by atoms with Gasteiger partial charge in [-0.25, -0.2) is 9.78 Å². The van der Waals surface area contributed by atoms with Crippen LogP contribution in [0, 0.1) is 0 Å². The number of hydrogen-bond acceptors (Lipinski definition) is 4. The van der Waals surface area contributed by atoms with Crippen molar-refractivity contribution >= 4 is 16.7 Å². The van der Waals surface area contributed by atoms with Gasteiger partial charge in [0.15, 0.2) is 5.75 Å². The van der Waals surface area contributed by atoms with Gasteiger partial charge in [-0.1, -0.05) is 18.2 Å². The number of pyridine rings is 1.